The number of halogens is 5. The third kappa shape index (κ3) is 17.3. The standard InChI is InChI=1S/C12H8BrFO.C6H3BrF2.C6H6O.CH2O3.2K.H/c13-12-10(14)7-4-8-11(12)15-9-5-2-1-3-6-9;7-6-4(8)2-1-3-5(6)9;7-6-4-2-1-3-5-6;2-1-4-3;;;/h1-8H;1-3H;1-5,7H;1,3H;;;/q;;;;2*+1;-1/p-1. The van der Waals surface area contributed by atoms with E-state index in [0.29, 0.717) is 21.7 Å². The van der Waals surface area contributed by atoms with Gasteiger partial charge in [0.25, 0.3) is 6.47 Å². The average molecular weight is 694 g/mol. The number of hydrogen-bond acceptors (Lipinski definition) is 5. The van der Waals surface area contributed by atoms with Gasteiger partial charge in [0.05, 0.1) is 8.95 Å². The molecule has 186 valence electrons. The average Bonchev–Trinajstić information content (AvgIpc) is 2.87. The summed E-state index contributed by atoms with van der Waals surface area (Å²) >= 11 is 5.87. The van der Waals surface area contributed by atoms with Crippen molar-refractivity contribution in [1.82, 2.24) is 0 Å². The molecule has 0 unspecified atom stereocenters. The predicted octanol–water partition coefficient (Wildman–Crippen LogP) is 1.06. The first kappa shape index (κ1) is 39.1. The molecule has 37 heavy (non-hydrogen) atoms. The van der Waals surface area contributed by atoms with Crippen LogP contribution in [0.1, 0.15) is 1.43 Å². The smallest absolute Gasteiger partial charge is 1.00 e. The second-order valence-electron chi connectivity index (χ2n) is 6.03. The largest absolute Gasteiger partial charge is 1.00 e. The molecule has 0 radical (unpaired) electrons. The number of aromatic hydroxyl groups is 1. The van der Waals surface area contributed by atoms with Crippen molar-refractivity contribution in [3.63, 3.8) is 0 Å². The predicted molar refractivity (Wildman–Crippen MR) is 131 cm³/mol. The number of carbonyl (C=O) groups excluding carboxylic acids is 1. The first-order valence-corrected chi connectivity index (χ1v) is 11.1. The van der Waals surface area contributed by atoms with Gasteiger partial charge < -0.3 is 21.4 Å². The molecule has 4 aromatic carbocycles. The van der Waals surface area contributed by atoms with Crippen molar-refractivity contribution < 1.29 is 142 Å². The van der Waals surface area contributed by atoms with Gasteiger partial charge in [0.15, 0.2) is 0 Å². The van der Waals surface area contributed by atoms with Gasteiger partial charge in [0.1, 0.15) is 34.7 Å². The van der Waals surface area contributed by atoms with E-state index in [1.807, 2.05) is 36.4 Å². The number of para-hydroxylation sites is 2. The molecule has 12 heteroatoms. The van der Waals surface area contributed by atoms with Gasteiger partial charge in [-0.3, -0.25) is 4.79 Å². The van der Waals surface area contributed by atoms with Gasteiger partial charge in [-0.15, -0.1) is 0 Å². The molecule has 0 heterocycles. The van der Waals surface area contributed by atoms with Gasteiger partial charge >= 0.3 is 103 Å². The third-order valence-electron chi connectivity index (χ3n) is 3.59. The first-order chi connectivity index (χ1) is 16.8. The van der Waals surface area contributed by atoms with Gasteiger partial charge in [-0.1, -0.05) is 48.5 Å². The van der Waals surface area contributed by atoms with Crippen LogP contribution in [0.4, 0.5) is 13.2 Å². The van der Waals surface area contributed by atoms with Crippen molar-refractivity contribution in [2.24, 2.45) is 0 Å². The Bertz CT molecular complexity index is 1150. The summed E-state index contributed by atoms with van der Waals surface area (Å²) in [6.45, 7) is -0.181. The van der Waals surface area contributed by atoms with Crippen molar-refractivity contribution in [3.05, 3.63) is 123 Å². The molecule has 0 saturated heterocycles. The maximum atomic E-state index is 13.2. The fourth-order valence-corrected chi connectivity index (χ4v) is 2.69. The number of ether oxygens (including phenoxy) is 1. The Morgan fingerprint density at radius 1 is 0.703 bits per heavy atom. The van der Waals surface area contributed by atoms with E-state index in [4.69, 9.17) is 19.9 Å². The van der Waals surface area contributed by atoms with E-state index in [1.54, 1.807) is 36.4 Å². The van der Waals surface area contributed by atoms with E-state index in [1.165, 1.54) is 24.3 Å². The fraction of sp³-hybridized carbons (Fsp3) is 0. The Morgan fingerprint density at radius 2 is 1.11 bits per heavy atom. The Hall–Kier alpha value is -0.0673. The van der Waals surface area contributed by atoms with Crippen LogP contribution in [-0.2, 0) is 9.68 Å². The Morgan fingerprint density at radius 3 is 1.49 bits per heavy atom. The molecule has 0 saturated carbocycles. The zero-order valence-corrected chi connectivity index (χ0v) is 29.2. The molecule has 4 aromatic rings. The van der Waals surface area contributed by atoms with E-state index in [9.17, 15) is 13.2 Å². The number of phenols is 1. The van der Waals surface area contributed by atoms with Gasteiger partial charge in [0, 0.05) is 0 Å². The maximum Gasteiger partial charge on any atom is 1.00 e. The fourth-order valence-electron chi connectivity index (χ4n) is 2.08. The van der Waals surface area contributed by atoms with Crippen molar-refractivity contribution in [3.8, 4) is 17.2 Å². The molecule has 0 spiro atoms. The molecule has 0 bridgehead atoms. The minimum atomic E-state index is -0.574. The number of phenolic OH excluding ortho intramolecular Hbond substituents is 1. The molecule has 0 aromatic heterocycles. The van der Waals surface area contributed by atoms with Crippen LogP contribution in [0.2, 0.25) is 0 Å². The second-order valence-corrected chi connectivity index (χ2v) is 7.62. The molecule has 0 aliphatic rings. The topological polar surface area (TPSA) is 78.8 Å². The molecular weight excluding hydrogens is 675 g/mol. The van der Waals surface area contributed by atoms with Gasteiger partial charge in [-0.25, -0.2) is 13.2 Å². The SMILES string of the molecule is Fc1cccc(F)c1Br.Fc1cccc(Oc2ccccc2)c1Br.O=CO[O-].Oc1ccccc1.[H-].[K+].[K+]. The van der Waals surface area contributed by atoms with Gasteiger partial charge in [0.2, 0.25) is 0 Å². The van der Waals surface area contributed by atoms with E-state index in [-0.39, 0.29) is 121 Å². The van der Waals surface area contributed by atoms with Crippen LogP contribution in [0.15, 0.2) is 106 Å². The summed E-state index contributed by atoms with van der Waals surface area (Å²) in [4.78, 5) is 11.2. The van der Waals surface area contributed by atoms with Crippen LogP contribution in [0.5, 0.6) is 17.2 Å². The van der Waals surface area contributed by atoms with Crippen LogP contribution in [-0.4, -0.2) is 11.6 Å². The summed E-state index contributed by atoms with van der Waals surface area (Å²) in [6, 6.07) is 26.4. The van der Waals surface area contributed by atoms with Crippen LogP contribution < -0.4 is 113 Å². The number of hydrogen-bond donors (Lipinski definition) is 1. The monoisotopic (exact) mass is 692 g/mol. The van der Waals surface area contributed by atoms with Crippen LogP contribution in [0.3, 0.4) is 0 Å². The zero-order valence-electron chi connectivity index (χ0n) is 20.8. The maximum absolute atomic E-state index is 13.2. The zero-order chi connectivity index (χ0) is 26.1. The second kappa shape index (κ2) is 23.8. The summed E-state index contributed by atoms with van der Waals surface area (Å²) in [6.07, 6.45) is 0. The number of rotatable bonds is 3. The molecule has 0 aliphatic carbocycles. The quantitative estimate of drug-likeness (QED) is 0.114. The normalized spacial score (nSPS) is 8.59. The molecular formula is C25H19Br2F3K2O5. The number of carbonyl (C=O) groups is 1. The van der Waals surface area contributed by atoms with Crippen molar-refractivity contribution in [1.29, 1.82) is 0 Å². The van der Waals surface area contributed by atoms with E-state index in [0.717, 1.165) is 0 Å². The Balaban J connectivity index is -0.000000462. The molecule has 4 rings (SSSR count). The summed E-state index contributed by atoms with van der Waals surface area (Å²) in [5, 5.41) is 17.1. The molecule has 0 amide bonds. The molecule has 0 atom stereocenters. The summed E-state index contributed by atoms with van der Waals surface area (Å²) in [7, 11) is 0. The van der Waals surface area contributed by atoms with Crippen molar-refractivity contribution in [2.75, 3.05) is 0 Å². The van der Waals surface area contributed by atoms with E-state index in [2.05, 4.69) is 36.7 Å². The van der Waals surface area contributed by atoms with Crippen molar-refractivity contribution >= 4 is 38.3 Å². The minimum Gasteiger partial charge on any atom is -1.00 e. The molecule has 5 nitrogen and oxygen atoms in total. The number of benzene rings is 4. The van der Waals surface area contributed by atoms with Crippen LogP contribution in [0.25, 0.3) is 0 Å². The van der Waals surface area contributed by atoms with Crippen molar-refractivity contribution in [2.45, 2.75) is 0 Å². The Labute approximate surface area is 315 Å². The molecule has 0 fully saturated rings. The van der Waals surface area contributed by atoms with Gasteiger partial charge in [-0.05, 0) is 80.4 Å². The summed E-state index contributed by atoms with van der Waals surface area (Å²) in [5.41, 5.74) is 0. The van der Waals surface area contributed by atoms with E-state index < -0.39 is 11.6 Å². The van der Waals surface area contributed by atoms with Gasteiger partial charge in [-0.2, -0.15) is 0 Å². The first-order valence-electron chi connectivity index (χ1n) is 9.52. The summed E-state index contributed by atoms with van der Waals surface area (Å²) in [5.74, 6) is 0.000862. The van der Waals surface area contributed by atoms with E-state index >= 15 is 0 Å². The Kier molecular flexibility index (Phi) is 25.1. The van der Waals surface area contributed by atoms with Crippen LogP contribution in [0, 0.1) is 17.5 Å². The minimum absolute atomic E-state index is 0. The summed E-state index contributed by atoms with van der Waals surface area (Å²) < 4.78 is 43.5. The third-order valence-corrected chi connectivity index (χ3v) is 5.11. The molecule has 0 aliphatic heterocycles. The van der Waals surface area contributed by atoms with Crippen LogP contribution >= 0.6 is 31.9 Å². The molecule has 1 N–H and O–H groups in total.